The highest BCUT2D eigenvalue weighted by molar-refractivity contribution is 8.87. The van der Waals surface area contributed by atoms with E-state index in [2.05, 4.69) is 27.7 Å². The Morgan fingerprint density at radius 3 is 0.573 bits per heavy atom. The molecule has 16 heteroatoms. The van der Waals surface area contributed by atoms with Crippen LogP contribution in [0.4, 0.5) is 0 Å². The van der Waals surface area contributed by atoms with Crippen molar-refractivity contribution in [2.45, 2.75) is 336 Å². The summed E-state index contributed by atoms with van der Waals surface area (Å²) in [6, 6.07) is 0. The lowest BCUT2D eigenvalue weighted by Gasteiger charge is -2.17. The van der Waals surface area contributed by atoms with Gasteiger partial charge in [-0.1, -0.05) is 317 Å². The number of ether oxygens (including phenoxy) is 4. The second kappa shape index (κ2) is 70.2. The van der Waals surface area contributed by atoms with E-state index in [1.807, 2.05) is 0 Å². The standard InChI is InChI=1S/C66H128O10P2S4/c1-5-9-13-17-21-25-29-33-37-43-53-71-63(67)49-59-79-77(80-60-50-64(68)72-54-44-38-34-30-26-22-18-14-10-6-2)75-57-47-41-42-48-58-76-78(81-61-51-65(69)73-55-45-39-35-31-27-23-19-15-11-7-3)82-62-52-66(70)74-56-46-40-36-32-28-24-20-16-12-8-4/h5-62H2,1-4H3. The average molecular weight is 1270 g/mol. The van der Waals surface area contributed by atoms with E-state index in [4.69, 9.17) is 28.0 Å². The summed E-state index contributed by atoms with van der Waals surface area (Å²) in [5.74, 6) is 1.97. The molecule has 0 aromatic carbocycles. The monoisotopic (exact) mass is 1270 g/mol. The second-order valence-corrected chi connectivity index (χ2v) is 35.0. The predicted molar refractivity (Wildman–Crippen MR) is 364 cm³/mol. The molecule has 82 heavy (non-hydrogen) atoms. The van der Waals surface area contributed by atoms with Gasteiger partial charge in [-0.3, -0.25) is 19.2 Å². The summed E-state index contributed by atoms with van der Waals surface area (Å²) in [5, 5.41) is 0. The first-order valence-electron chi connectivity index (χ1n) is 34.4. The highest BCUT2D eigenvalue weighted by atomic mass is 33.1. The van der Waals surface area contributed by atoms with Crippen molar-refractivity contribution in [2.75, 3.05) is 62.7 Å². The second-order valence-electron chi connectivity index (χ2n) is 22.5. The fraction of sp³-hybridized carbons (Fsp3) is 0.939. The molecule has 0 rings (SSSR count). The Bertz CT molecular complexity index is 1170. The van der Waals surface area contributed by atoms with Crippen LogP contribution in [0.15, 0.2) is 0 Å². The van der Waals surface area contributed by atoms with Crippen LogP contribution in [0.25, 0.3) is 0 Å². The number of carbonyl (C=O) groups excluding carboxylic acids is 4. The number of rotatable bonds is 69. The summed E-state index contributed by atoms with van der Waals surface area (Å²) in [6.07, 6.45) is 55.3. The van der Waals surface area contributed by atoms with E-state index in [0.29, 0.717) is 88.3 Å². The molecule has 0 aromatic heterocycles. The zero-order valence-electron chi connectivity index (χ0n) is 53.6. The molecular weight excluding hydrogens is 1140 g/mol. The Hall–Kier alpha value is 0.0600. The van der Waals surface area contributed by atoms with Gasteiger partial charge in [-0.25, -0.2) is 0 Å². The molecule has 0 saturated heterocycles. The third-order valence-electron chi connectivity index (χ3n) is 14.5. The van der Waals surface area contributed by atoms with Gasteiger partial charge in [0.15, 0.2) is 13.1 Å². The summed E-state index contributed by atoms with van der Waals surface area (Å²) >= 11 is 6.72. The Kier molecular flexibility index (Phi) is 70.2. The molecule has 0 unspecified atom stereocenters. The van der Waals surface area contributed by atoms with Crippen LogP contribution in [0.5, 0.6) is 0 Å². The van der Waals surface area contributed by atoms with E-state index >= 15 is 0 Å². The third-order valence-corrected chi connectivity index (χ3v) is 27.4. The minimum Gasteiger partial charge on any atom is -0.466 e. The van der Waals surface area contributed by atoms with E-state index < -0.39 is 13.1 Å². The van der Waals surface area contributed by atoms with Gasteiger partial charge in [0.05, 0.1) is 65.3 Å². The number of hydrogen-bond acceptors (Lipinski definition) is 14. The van der Waals surface area contributed by atoms with Gasteiger partial charge in [-0.2, -0.15) is 0 Å². The van der Waals surface area contributed by atoms with Crippen molar-refractivity contribution >= 4 is 82.5 Å². The quantitative estimate of drug-likeness (QED) is 0.0248. The number of carbonyl (C=O) groups is 4. The summed E-state index contributed by atoms with van der Waals surface area (Å²) < 4.78 is 35.2. The average Bonchev–Trinajstić information content (AvgIpc) is 3.47. The molecule has 0 spiro atoms. The van der Waals surface area contributed by atoms with E-state index in [1.54, 1.807) is 45.5 Å². The molecule has 0 saturated carbocycles. The lowest BCUT2D eigenvalue weighted by molar-refractivity contribution is -0.144. The van der Waals surface area contributed by atoms with Gasteiger partial charge in [0.25, 0.3) is 0 Å². The van der Waals surface area contributed by atoms with Gasteiger partial charge in [-0.05, 0) is 38.5 Å². The van der Waals surface area contributed by atoms with Crippen molar-refractivity contribution in [3.8, 4) is 0 Å². The minimum absolute atomic E-state index is 0.142. The fourth-order valence-electron chi connectivity index (χ4n) is 9.26. The third kappa shape index (κ3) is 66.0. The molecule has 0 fully saturated rings. The van der Waals surface area contributed by atoms with Crippen molar-refractivity contribution in [2.24, 2.45) is 0 Å². The van der Waals surface area contributed by atoms with Crippen molar-refractivity contribution in [1.29, 1.82) is 0 Å². The lowest BCUT2D eigenvalue weighted by Crippen LogP contribution is -2.07. The Morgan fingerprint density at radius 2 is 0.390 bits per heavy atom. The van der Waals surface area contributed by atoms with Crippen molar-refractivity contribution in [3.05, 3.63) is 0 Å². The molecule has 0 amide bonds. The number of hydrogen-bond donors (Lipinski definition) is 0. The van der Waals surface area contributed by atoms with Crippen LogP contribution in [0.1, 0.15) is 336 Å². The van der Waals surface area contributed by atoms with Gasteiger partial charge in [0.2, 0.25) is 0 Å². The molecule has 0 atom stereocenters. The zero-order valence-corrected chi connectivity index (χ0v) is 58.7. The molecule has 486 valence electrons. The van der Waals surface area contributed by atoms with E-state index in [0.717, 1.165) is 77.0 Å². The molecular formula is C66H128O10P2S4. The first-order chi connectivity index (χ1) is 40.4. The maximum absolute atomic E-state index is 12.6. The van der Waals surface area contributed by atoms with E-state index in [1.165, 1.54) is 205 Å². The van der Waals surface area contributed by atoms with Gasteiger partial charge in [0, 0.05) is 23.0 Å². The first-order valence-corrected chi connectivity index (χ1v) is 43.2. The molecule has 0 heterocycles. The van der Waals surface area contributed by atoms with Crippen LogP contribution in [0.2, 0.25) is 0 Å². The zero-order chi connectivity index (χ0) is 59.5. The fourth-order valence-corrected chi connectivity index (χ4v) is 21.0. The smallest absolute Gasteiger partial charge is 0.306 e. The molecule has 0 aliphatic heterocycles. The number of unbranched alkanes of at least 4 members (excludes halogenated alkanes) is 39. The lowest BCUT2D eigenvalue weighted by atomic mass is 10.1. The van der Waals surface area contributed by atoms with Crippen LogP contribution in [0.3, 0.4) is 0 Å². The van der Waals surface area contributed by atoms with Crippen molar-refractivity contribution in [3.63, 3.8) is 0 Å². The Balaban J connectivity index is 4.88. The van der Waals surface area contributed by atoms with Crippen LogP contribution in [0, 0.1) is 0 Å². The van der Waals surface area contributed by atoms with E-state index in [-0.39, 0.29) is 23.9 Å². The molecule has 0 N–H and O–H groups in total. The van der Waals surface area contributed by atoms with Crippen LogP contribution in [-0.2, 0) is 47.2 Å². The number of esters is 4. The molecule has 10 nitrogen and oxygen atoms in total. The maximum atomic E-state index is 12.6. The first kappa shape index (κ1) is 82.1. The summed E-state index contributed by atoms with van der Waals surface area (Å²) in [5.41, 5.74) is 0. The van der Waals surface area contributed by atoms with Crippen LogP contribution < -0.4 is 0 Å². The molecule has 0 aromatic rings. The summed E-state index contributed by atoms with van der Waals surface area (Å²) in [6.45, 7) is 10.4. The van der Waals surface area contributed by atoms with Gasteiger partial charge in [0.1, 0.15) is 0 Å². The van der Waals surface area contributed by atoms with Gasteiger partial charge in [-0.15, -0.1) is 0 Å². The minimum atomic E-state index is -0.936. The Labute approximate surface area is 524 Å². The molecule has 0 bridgehead atoms. The summed E-state index contributed by atoms with van der Waals surface area (Å²) in [4.78, 5) is 50.5. The molecule has 0 aliphatic rings. The predicted octanol–water partition coefficient (Wildman–Crippen LogP) is 23.4. The molecule has 0 aliphatic carbocycles. The highest BCUT2D eigenvalue weighted by Crippen LogP contribution is 2.63. The van der Waals surface area contributed by atoms with Crippen LogP contribution >= 0.6 is 58.6 Å². The van der Waals surface area contributed by atoms with Gasteiger partial charge < -0.3 is 28.0 Å². The van der Waals surface area contributed by atoms with Crippen LogP contribution in [-0.4, -0.2) is 86.5 Å². The normalized spacial score (nSPS) is 11.5. The maximum Gasteiger partial charge on any atom is 0.306 e. The Morgan fingerprint density at radius 1 is 0.232 bits per heavy atom. The summed E-state index contributed by atoms with van der Waals surface area (Å²) in [7, 11) is 0. The topological polar surface area (TPSA) is 124 Å². The molecule has 0 radical (unpaired) electrons. The van der Waals surface area contributed by atoms with Crippen molar-refractivity contribution in [1.82, 2.24) is 0 Å². The van der Waals surface area contributed by atoms with Gasteiger partial charge >= 0.3 is 23.9 Å². The highest BCUT2D eigenvalue weighted by Gasteiger charge is 2.17. The van der Waals surface area contributed by atoms with Crippen molar-refractivity contribution < 1.29 is 47.2 Å². The van der Waals surface area contributed by atoms with E-state index in [9.17, 15) is 19.2 Å². The SMILES string of the molecule is CCCCCCCCCCCCOC(=O)CCSP(OCCCCCCOP(SCCC(=O)OCCCCCCCCCCCC)SCCC(=O)OCCCCCCCCCCCC)SCCC(=O)OCCCCCCCCCCCC. The largest absolute Gasteiger partial charge is 0.466 e.